The van der Waals surface area contributed by atoms with E-state index in [9.17, 15) is 14.4 Å². The number of benzene rings is 2. The standard InChI is InChI=1S/C34H44ClN3O4/c1-6-8-28(23-9-11-24(12-10-23)31(41)36-18-15-29(39)40)38-32(42)30(25-19-22(3)20-27(35)21-25)37-34(38)16-13-26(14-17-34)33(4,5)7-2/h9-12,19-21,26,28H,6-8,13-18H2,1-5H3,(H,36,41)(H,39,40)/t26?,28-,34?/m1/s1. The zero-order chi connectivity index (χ0) is 30.7. The number of hydrogen-bond acceptors (Lipinski definition) is 4. The smallest absolute Gasteiger partial charge is 0.305 e. The molecule has 1 aliphatic carbocycles. The van der Waals surface area contributed by atoms with Crippen LogP contribution in [0.5, 0.6) is 0 Å². The Kier molecular flexibility index (Phi) is 9.81. The van der Waals surface area contributed by atoms with E-state index in [0.29, 0.717) is 22.2 Å². The molecule has 42 heavy (non-hydrogen) atoms. The van der Waals surface area contributed by atoms with E-state index in [-0.39, 0.29) is 36.2 Å². The first-order valence-electron chi connectivity index (χ1n) is 15.2. The predicted molar refractivity (Wildman–Crippen MR) is 167 cm³/mol. The van der Waals surface area contributed by atoms with Gasteiger partial charge in [-0.3, -0.25) is 19.4 Å². The molecule has 0 unspecified atom stereocenters. The van der Waals surface area contributed by atoms with Crippen molar-refractivity contribution in [1.82, 2.24) is 10.2 Å². The number of carbonyl (C=O) groups excluding carboxylic acids is 2. The largest absolute Gasteiger partial charge is 0.481 e. The van der Waals surface area contributed by atoms with Crippen LogP contribution in [0.25, 0.3) is 0 Å². The van der Waals surface area contributed by atoms with E-state index >= 15 is 0 Å². The van der Waals surface area contributed by atoms with E-state index in [1.807, 2.05) is 42.2 Å². The summed E-state index contributed by atoms with van der Waals surface area (Å²) >= 11 is 6.43. The molecule has 0 bridgehead atoms. The summed E-state index contributed by atoms with van der Waals surface area (Å²) in [6, 6.07) is 12.8. The maximum absolute atomic E-state index is 14.4. The fraction of sp³-hybridized carbons (Fsp3) is 0.529. The lowest BCUT2D eigenvalue weighted by molar-refractivity contribution is -0.137. The monoisotopic (exact) mass is 593 g/mol. The molecule has 1 spiro atoms. The van der Waals surface area contributed by atoms with Crippen LogP contribution in [0.15, 0.2) is 47.5 Å². The molecule has 0 saturated heterocycles. The molecule has 1 heterocycles. The molecular formula is C34H44ClN3O4. The van der Waals surface area contributed by atoms with Gasteiger partial charge >= 0.3 is 5.97 Å². The van der Waals surface area contributed by atoms with Crippen LogP contribution in [-0.4, -0.2) is 45.7 Å². The van der Waals surface area contributed by atoms with E-state index in [2.05, 4.69) is 33.0 Å². The van der Waals surface area contributed by atoms with Crippen molar-refractivity contribution in [2.45, 2.75) is 97.7 Å². The number of halogens is 1. The lowest BCUT2D eigenvalue weighted by Crippen LogP contribution is -2.51. The number of carboxylic acid groups (broad SMARTS) is 1. The summed E-state index contributed by atoms with van der Waals surface area (Å²) < 4.78 is 0. The first kappa shape index (κ1) is 31.7. The van der Waals surface area contributed by atoms with Crippen LogP contribution in [0.3, 0.4) is 0 Å². The van der Waals surface area contributed by atoms with E-state index in [0.717, 1.165) is 61.6 Å². The van der Waals surface area contributed by atoms with Gasteiger partial charge in [0.1, 0.15) is 11.4 Å². The molecule has 2 amide bonds. The summed E-state index contributed by atoms with van der Waals surface area (Å²) in [5, 5.41) is 12.1. The van der Waals surface area contributed by atoms with Gasteiger partial charge in [-0.05, 0) is 91.8 Å². The minimum Gasteiger partial charge on any atom is -0.481 e. The zero-order valence-corrected chi connectivity index (χ0v) is 26.3. The summed E-state index contributed by atoms with van der Waals surface area (Å²) in [6.45, 7) is 11.1. The molecule has 1 saturated carbocycles. The Hall–Kier alpha value is -3.19. The van der Waals surface area contributed by atoms with Crippen molar-refractivity contribution in [2.24, 2.45) is 16.3 Å². The minimum absolute atomic E-state index is 0.0676. The van der Waals surface area contributed by atoms with Gasteiger partial charge < -0.3 is 15.3 Å². The molecule has 2 aromatic rings. The normalized spacial score (nSPS) is 21.4. The Bertz CT molecular complexity index is 1320. The number of aliphatic imine (C=N–C) groups is 1. The number of aliphatic carboxylic acids is 1. The number of rotatable bonds is 11. The Morgan fingerprint density at radius 1 is 1.14 bits per heavy atom. The minimum atomic E-state index is -0.959. The van der Waals surface area contributed by atoms with Gasteiger partial charge in [-0.2, -0.15) is 0 Å². The van der Waals surface area contributed by atoms with Crippen LogP contribution in [0.2, 0.25) is 5.02 Å². The second kappa shape index (κ2) is 13.0. The summed E-state index contributed by atoms with van der Waals surface area (Å²) in [7, 11) is 0. The molecule has 226 valence electrons. The molecular weight excluding hydrogens is 550 g/mol. The Morgan fingerprint density at radius 3 is 2.38 bits per heavy atom. The third kappa shape index (κ3) is 6.72. The molecule has 0 radical (unpaired) electrons. The van der Waals surface area contributed by atoms with Crippen molar-refractivity contribution in [1.29, 1.82) is 0 Å². The van der Waals surface area contributed by atoms with Crippen LogP contribution in [0, 0.1) is 18.3 Å². The quantitative estimate of drug-likeness (QED) is 0.284. The number of hydrogen-bond donors (Lipinski definition) is 2. The SMILES string of the molecule is CCC[C@H](c1ccc(C(=O)NCCC(=O)O)cc1)N1C(=O)C(c2cc(C)cc(Cl)c2)=NC12CCC(C(C)(C)CC)CC2. The highest BCUT2D eigenvalue weighted by molar-refractivity contribution is 6.47. The van der Waals surface area contributed by atoms with Gasteiger partial charge in [-0.15, -0.1) is 0 Å². The summed E-state index contributed by atoms with van der Waals surface area (Å²) in [5.41, 5.74) is 3.23. The fourth-order valence-electron chi connectivity index (χ4n) is 6.57. The number of carboxylic acids is 1. The predicted octanol–water partition coefficient (Wildman–Crippen LogP) is 7.35. The number of carbonyl (C=O) groups is 3. The van der Waals surface area contributed by atoms with Crippen LogP contribution in [0.1, 0.15) is 112 Å². The van der Waals surface area contributed by atoms with Crippen molar-refractivity contribution in [3.05, 3.63) is 69.7 Å². The van der Waals surface area contributed by atoms with E-state index in [4.69, 9.17) is 21.7 Å². The van der Waals surface area contributed by atoms with Gasteiger partial charge in [0.05, 0.1) is 12.5 Å². The summed E-state index contributed by atoms with van der Waals surface area (Å²) in [6.07, 6.45) is 6.23. The molecule has 4 rings (SSSR count). The lowest BCUT2D eigenvalue weighted by atomic mass is 9.67. The Morgan fingerprint density at radius 2 is 1.81 bits per heavy atom. The van der Waals surface area contributed by atoms with Crippen LogP contribution in [-0.2, 0) is 9.59 Å². The molecule has 2 aromatic carbocycles. The third-order valence-electron chi connectivity index (χ3n) is 9.36. The van der Waals surface area contributed by atoms with Crippen molar-refractivity contribution >= 4 is 35.1 Å². The highest BCUT2D eigenvalue weighted by atomic mass is 35.5. The molecule has 7 nitrogen and oxygen atoms in total. The fourth-order valence-corrected chi connectivity index (χ4v) is 6.86. The molecule has 2 N–H and O–H groups in total. The van der Waals surface area contributed by atoms with E-state index < -0.39 is 11.6 Å². The van der Waals surface area contributed by atoms with Gasteiger partial charge in [-0.1, -0.05) is 64.3 Å². The summed E-state index contributed by atoms with van der Waals surface area (Å²) in [4.78, 5) is 45.1. The molecule has 0 aromatic heterocycles. The van der Waals surface area contributed by atoms with Gasteiger partial charge in [-0.25, -0.2) is 0 Å². The number of nitrogens with one attached hydrogen (secondary N) is 1. The van der Waals surface area contributed by atoms with Crippen molar-refractivity contribution in [3.8, 4) is 0 Å². The van der Waals surface area contributed by atoms with Crippen molar-refractivity contribution < 1.29 is 19.5 Å². The third-order valence-corrected chi connectivity index (χ3v) is 9.58. The van der Waals surface area contributed by atoms with Gasteiger partial charge in [0.25, 0.3) is 11.8 Å². The van der Waals surface area contributed by atoms with Crippen LogP contribution < -0.4 is 5.32 Å². The van der Waals surface area contributed by atoms with Gasteiger partial charge in [0.15, 0.2) is 0 Å². The van der Waals surface area contributed by atoms with Gasteiger partial charge in [0, 0.05) is 22.7 Å². The number of amides is 2. The van der Waals surface area contributed by atoms with Crippen LogP contribution in [0.4, 0.5) is 0 Å². The summed E-state index contributed by atoms with van der Waals surface area (Å²) in [5.74, 6) is -0.776. The first-order chi connectivity index (χ1) is 19.9. The highest BCUT2D eigenvalue weighted by Crippen LogP contribution is 2.50. The molecule has 8 heteroatoms. The second-order valence-electron chi connectivity index (χ2n) is 12.6. The van der Waals surface area contributed by atoms with Gasteiger partial charge in [0.2, 0.25) is 0 Å². The second-order valence-corrected chi connectivity index (χ2v) is 13.0. The van der Waals surface area contributed by atoms with Crippen molar-refractivity contribution in [3.63, 3.8) is 0 Å². The van der Waals surface area contributed by atoms with E-state index in [1.54, 1.807) is 12.1 Å². The zero-order valence-electron chi connectivity index (χ0n) is 25.5. The first-order valence-corrected chi connectivity index (χ1v) is 15.6. The molecule has 2 aliphatic rings. The van der Waals surface area contributed by atoms with E-state index in [1.165, 1.54) is 0 Å². The lowest BCUT2D eigenvalue weighted by Gasteiger charge is -2.48. The molecule has 1 aliphatic heterocycles. The van der Waals surface area contributed by atoms with Crippen LogP contribution >= 0.6 is 11.6 Å². The highest BCUT2D eigenvalue weighted by Gasteiger charge is 2.52. The topological polar surface area (TPSA) is 99.1 Å². The molecule has 1 fully saturated rings. The Labute approximate surface area is 254 Å². The number of aryl methyl sites for hydroxylation is 1. The van der Waals surface area contributed by atoms with Crippen molar-refractivity contribution in [2.75, 3.05) is 6.54 Å². The number of nitrogens with zero attached hydrogens (tertiary/aromatic N) is 2. The maximum atomic E-state index is 14.4. The average Bonchev–Trinajstić information content (AvgIpc) is 3.22. The maximum Gasteiger partial charge on any atom is 0.305 e. The average molecular weight is 594 g/mol. The molecule has 1 atom stereocenters. The Balaban J connectivity index is 1.69.